The molecule has 0 spiro atoms. The molecule has 0 aromatic carbocycles. The summed E-state index contributed by atoms with van der Waals surface area (Å²) in [6.45, 7) is 2.32. The summed E-state index contributed by atoms with van der Waals surface area (Å²) in [4.78, 5) is 8.60. The molecule has 2 nitrogen and oxygen atoms in total. The van der Waals surface area contributed by atoms with Crippen molar-refractivity contribution in [1.82, 2.24) is 9.88 Å². The van der Waals surface area contributed by atoms with Crippen LogP contribution in [0.3, 0.4) is 0 Å². The molecule has 2 heterocycles. The van der Waals surface area contributed by atoms with Gasteiger partial charge in [-0.3, -0.25) is 4.90 Å². The minimum Gasteiger partial charge on any atom is -0.295 e. The molecule has 76 valence electrons. The Kier molecular flexibility index (Phi) is 2.26. The molecule has 0 radical (unpaired) electrons. The van der Waals surface area contributed by atoms with E-state index < -0.39 is 0 Å². The number of halogens is 1. The van der Waals surface area contributed by atoms with Crippen LogP contribution in [-0.4, -0.2) is 22.5 Å². The highest BCUT2D eigenvalue weighted by Crippen LogP contribution is 2.33. The second-order valence-electron chi connectivity index (χ2n) is 4.06. The highest BCUT2D eigenvalue weighted by Gasteiger charge is 2.32. The van der Waals surface area contributed by atoms with Crippen LogP contribution in [0.2, 0.25) is 0 Å². The van der Waals surface area contributed by atoms with Crippen LogP contribution in [0.25, 0.3) is 0 Å². The summed E-state index contributed by atoms with van der Waals surface area (Å²) in [7, 11) is 0. The Morgan fingerprint density at radius 2 is 2.36 bits per heavy atom. The lowest BCUT2D eigenvalue weighted by Crippen LogP contribution is -2.31. The number of nitrogens with zero attached hydrogens (tertiary/aromatic N) is 2. The maximum atomic E-state index is 5.79. The average molecular weight is 229 g/mol. The standard InChI is InChI=1S/C10H13ClN2S/c11-5-10-12-8-3-4-13(7-1-2-7)6-9(8)14-10/h7H,1-6H2. The van der Waals surface area contributed by atoms with Crippen LogP contribution in [-0.2, 0) is 18.8 Å². The van der Waals surface area contributed by atoms with Crippen LogP contribution >= 0.6 is 22.9 Å². The molecule has 14 heavy (non-hydrogen) atoms. The summed E-state index contributed by atoms with van der Waals surface area (Å²) in [5.74, 6) is 0.571. The van der Waals surface area contributed by atoms with Gasteiger partial charge in [-0.15, -0.1) is 22.9 Å². The average Bonchev–Trinajstić information content (AvgIpc) is 2.97. The van der Waals surface area contributed by atoms with E-state index in [1.807, 2.05) is 0 Å². The van der Waals surface area contributed by atoms with E-state index in [1.54, 1.807) is 11.3 Å². The van der Waals surface area contributed by atoms with Gasteiger partial charge in [0.25, 0.3) is 0 Å². The number of hydrogen-bond donors (Lipinski definition) is 0. The number of alkyl halides is 1. The fourth-order valence-electron chi connectivity index (χ4n) is 2.08. The van der Waals surface area contributed by atoms with Gasteiger partial charge < -0.3 is 0 Å². The molecule has 0 saturated heterocycles. The van der Waals surface area contributed by atoms with Crippen molar-refractivity contribution in [2.24, 2.45) is 0 Å². The zero-order valence-corrected chi connectivity index (χ0v) is 9.57. The molecule has 0 amide bonds. The van der Waals surface area contributed by atoms with Gasteiger partial charge in [-0.1, -0.05) is 0 Å². The molecule has 1 fully saturated rings. The van der Waals surface area contributed by atoms with E-state index in [4.69, 9.17) is 11.6 Å². The van der Waals surface area contributed by atoms with E-state index in [0.29, 0.717) is 5.88 Å². The molecule has 1 aromatic heterocycles. The van der Waals surface area contributed by atoms with Gasteiger partial charge in [-0.05, 0) is 12.8 Å². The Bertz CT molecular complexity index is 346. The van der Waals surface area contributed by atoms with Gasteiger partial charge in [-0.2, -0.15) is 0 Å². The minimum atomic E-state index is 0.571. The molecule has 1 aliphatic carbocycles. The number of fused-ring (bicyclic) bond motifs is 1. The Morgan fingerprint density at radius 1 is 1.50 bits per heavy atom. The zero-order chi connectivity index (χ0) is 9.54. The molecule has 4 heteroatoms. The molecule has 2 aliphatic rings. The summed E-state index contributed by atoms with van der Waals surface area (Å²) in [6, 6.07) is 0.879. The SMILES string of the molecule is ClCc1nc2c(s1)CN(C1CC1)CC2. The number of hydrogen-bond acceptors (Lipinski definition) is 3. The Labute approximate surface area is 92.9 Å². The molecule has 0 unspecified atom stereocenters. The lowest BCUT2D eigenvalue weighted by Gasteiger charge is -2.25. The summed E-state index contributed by atoms with van der Waals surface area (Å²) in [6.07, 6.45) is 3.92. The van der Waals surface area contributed by atoms with Crippen molar-refractivity contribution in [1.29, 1.82) is 0 Å². The predicted octanol–water partition coefficient (Wildman–Crippen LogP) is 2.40. The molecular formula is C10H13ClN2S. The van der Waals surface area contributed by atoms with E-state index in [2.05, 4.69) is 9.88 Å². The molecular weight excluding hydrogens is 216 g/mol. The zero-order valence-electron chi connectivity index (χ0n) is 8.00. The van der Waals surface area contributed by atoms with Crippen molar-refractivity contribution in [2.75, 3.05) is 6.54 Å². The first-order valence-corrected chi connectivity index (χ1v) is 6.49. The minimum absolute atomic E-state index is 0.571. The van der Waals surface area contributed by atoms with E-state index in [1.165, 1.54) is 30.0 Å². The van der Waals surface area contributed by atoms with E-state index in [0.717, 1.165) is 24.0 Å². The first-order valence-electron chi connectivity index (χ1n) is 5.14. The smallest absolute Gasteiger partial charge is 0.108 e. The molecule has 0 N–H and O–H groups in total. The molecule has 1 saturated carbocycles. The maximum Gasteiger partial charge on any atom is 0.108 e. The third kappa shape index (κ3) is 1.58. The van der Waals surface area contributed by atoms with Gasteiger partial charge in [0.2, 0.25) is 0 Å². The third-order valence-corrected chi connectivity index (χ3v) is 4.48. The van der Waals surface area contributed by atoms with Gasteiger partial charge in [0.15, 0.2) is 0 Å². The topological polar surface area (TPSA) is 16.1 Å². The second kappa shape index (κ2) is 3.47. The molecule has 0 bridgehead atoms. The Morgan fingerprint density at radius 3 is 3.07 bits per heavy atom. The predicted molar refractivity (Wildman–Crippen MR) is 58.8 cm³/mol. The summed E-state index contributed by atoms with van der Waals surface area (Å²) in [5, 5.41) is 1.09. The largest absolute Gasteiger partial charge is 0.295 e. The lowest BCUT2D eigenvalue weighted by molar-refractivity contribution is 0.245. The van der Waals surface area contributed by atoms with Gasteiger partial charge in [0, 0.05) is 30.4 Å². The summed E-state index contributed by atoms with van der Waals surface area (Å²) >= 11 is 7.59. The van der Waals surface area contributed by atoms with Crippen LogP contribution in [0.4, 0.5) is 0 Å². The van der Waals surface area contributed by atoms with Crippen molar-refractivity contribution >= 4 is 22.9 Å². The van der Waals surface area contributed by atoms with Gasteiger partial charge in [-0.25, -0.2) is 4.98 Å². The second-order valence-corrected chi connectivity index (χ2v) is 5.50. The van der Waals surface area contributed by atoms with Crippen molar-refractivity contribution in [3.8, 4) is 0 Å². The van der Waals surface area contributed by atoms with E-state index >= 15 is 0 Å². The van der Waals surface area contributed by atoms with Crippen LogP contribution in [0.15, 0.2) is 0 Å². The molecule has 1 aromatic rings. The monoisotopic (exact) mass is 228 g/mol. The normalized spacial score (nSPS) is 22.4. The number of aromatic nitrogens is 1. The van der Waals surface area contributed by atoms with Crippen molar-refractivity contribution in [3.05, 3.63) is 15.6 Å². The van der Waals surface area contributed by atoms with Crippen LogP contribution in [0.1, 0.15) is 28.4 Å². The summed E-state index contributed by atoms with van der Waals surface area (Å²) < 4.78 is 0. The Hall–Kier alpha value is -0.120. The van der Waals surface area contributed by atoms with E-state index in [9.17, 15) is 0 Å². The van der Waals surface area contributed by atoms with Gasteiger partial charge >= 0.3 is 0 Å². The van der Waals surface area contributed by atoms with Crippen molar-refractivity contribution in [2.45, 2.75) is 37.7 Å². The van der Waals surface area contributed by atoms with Crippen LogP contribution in [0.5, 0.6) is 0 Å². The first-order chi connectivity index (χ1) is 6.86. The molecule has 3 rings (SSSR count). The van der Waals surface area contributed by atoms with Gasteiger partial charge in [0.1, 0.15) is 5.01 Å². The fourth-order valence-corrected chi connectivity index (χ4v) is 3.29. The van der Waals surface area contributed by atoms with Crippen molar-refractivity contribution in [3.63, 3.8) is 0 Å². The Balaban J connectivity index is 1.82. The fraction of sp³-hybridized carbons (Fsp3) is 0.700. The van der Waals surface area contributed by atoms with Crippen LogP contribution in [0, 0.1) is 0 Å². The lowest BCUT2D eigenvalue weighted by atomic mass is 10.2. The van der Waals surface area contributed by atoms with Crippen LogP contribution < -0.4 is 0 Å². The quantitative estimate of drug-likeness (QED) is 0.723. The van der Waals surface area contributed by atoms with E-state index in [-0.39, 0.29) is 0 Å². The molecule has 1 aliphatic heterocycles. The number of thiazole rings is 1. The van der Waals surface area contributed by atoms with Crippen molar-refractivity contribution < 1.29 is 0 Å². The third-order valence-electron chi connectivity index (χ3n) is 2.98. The number of rotatable bonds is 2. The highest BCUT2D eigenvalue weighted by atomic mass is 35.5. The highest BCUT2D eigenvalue weighted by molar-refractivity contribution is 7.11. The first kappa shape index (κ1) is 9.13. The van der Waals surface area contributed by atoms with Gasteiger partial charge in [0.05, 0.1) is 11.6 Å². The molecule has 0 atom stereocenters. The summed E-state index contributed by atoms with van der Waals surface area (Å²) in [5.41, 5.74) is 1.31. The maximum absolute atomic E-state index is 5.79.